The third-order valence-corrected chi connectivity index (χ3v) is 5.77. The van der Waals surface area contributed by atoms with Crippen molar-refractivity contribution in [1.82, 2.24) is 10.2 Å². The van der Waals surface area contributed by atoms with Crippen molar-refractivity contribution >= 4 is 23.4 Å². The Morgan fingerprint density at radius 1 is 1.00 bits per heavy atom. The molecule has 0 aliphatic carbocycles. The Morgan fingerprint density at radius 2 is 1.71 bits per heavy atom. The highest BCUT2D eigenvalue weighted by Gasteiger charge is 2.30. The number of para-hydroxylation sites is 1. The van der Waals surface area contributed by atoms with Crippen molar-refractivity contribution in [2.24, 2.45) is 0 Å². The Kier molecular flexibility index (Phi) is 10.1. The summed E-state index contributed by atoms with van der Waals surface area (Å²) in [6.07, 6.45) is 2.10. The molecular weight excluding hydrogens is 467 g/mol. The summed E-state index contributed by atoms with van der Waals surface area (Å²) in [5, 5.41) is 3.49. The fourth-order valence-electron chi connectivity index (χ4n) is 3.68. The maximum atomic E-state index is 14.1. The lowest BCUT2D eigenvalue weighted by Gasteiger charge is -2.31. The molecule has 0 aliphatic rings. The van der Waals surface area contributed by atoms with Crippen molar-refractivity contribution < 1.29 is 18.7 Å². The molecule has 0 radical (unpaired) electrons. The topological polar surface area (TPSA) is 58.6 Å². The lowest BCUT2D eigenvalue weighted by Crippen LogP contribution is -2.51. The lowest BCUT2D eigenvalue weighted by atomic mass is 10.0. The highest BCUT2D eigenvalue weighted by atomic mass is 35.5. The number of carbonyl (C=O) groups excluding carboxylic acids is 2. The molecule has 0 saturated heterocycles. The molecule has 0 heterocycles. The van der Waals surface area contributed by atoms with Crippen molar-refractivity contribution in [1.29, 1.82) is 0 Å². The van der Waals surface area contributed by atoms with E-state index in [2.05, 4.69) is 5.32 Å². The predicted octanol–water partition coefficient (Wildman–Crippen LogP) is 5.41. The number of benzene rings is 3. The zero-order chi connectivity index (χ0) is 25.0. The van der Waals surface area contributed by atoms with Gasteiger partial charge < -0.3 is 15.0 Å². The van der Waals surface area contributed by atoms with Crippen LogP contribution in [0.25, 0.3) is 0 Å². The van der Waals surface area contributed by atoms with Crippen LogP contribution in [0.4, 0.5) is 4.39 Å². The van der Waals surface area contributed by atoms with Crippen LogP contribution < -0.4 is 10.1 Å². The molecule has 3 aromatic rings. The zero-order valence-corrected chi connectivity index (χ0v) is 20.5. The minimum Gasteiger partial charge on any atom is -0.481 e. The van der Waals surface area contributed by atoms with Gasteiger partial charge in [0.25, 0.3) is 5.91 Å². The van der Waals surface area contributed by atoms with Gasteiger partial charge in [0.2, 0.25) is 5.91 Å². The van der Waals surface area contributed by atoms with Gasteiger partial charge in [-0.1, -0.05) is 79.5 Å². The van der Waals surface area contributed by atoms with E-state index in [9.17, 15) is 14.0 Å². The van der Waals surface area contributed by atoms with E-state index in [4.69, 9.17) is 16.3 Å². The Bertz CT molecular complexity index is 1110. The van der Waals surface area contributed by atoms with Crippen LogP contribution in [0.15, 0.2) is 78.9 Å². The molecule has 5 nitrogen and oxygen atoms in total. The third-order valence-electron chi connectivity index (χ3n) is 5.53. The highest BCUT2D eigenvalue weighted by Crippen LogP contribution is 2.19. The van der Waals surface area contributed by atoms with Crippen LogP contribution in [-0.2, 0) is 22.6 Å². The maximum Gasteiger partial charge on any atom is 0.261 e. The smallest absolute Gasteiger partial charge is 0.261 e. The van der Waals surface area contributed by atoms with Crippen molar-refractivity contribution in [3.8, 4) is 5.75 Å². The number of nitrogens with zero attached hydrogens (tertiary/aromatic N) is 1. The number of unbranched alkanes of at least 4 members (excludes halogenated alkanes) is 1. The monoisotopic (exact) mass is 496 g/mol. The molecular formula is C28H30ClFN2O3. The predicted molar refractivity (Wildman–Crippen MR) is 136 cm³/mol. The first-order valence-electron chi connectivity index (χ1n) is 11.7. The summed E-state index contributed by atoms with van der Waals surface area (Å²) in [7, 11) is 0. The van der Waals surface area contributed by atoms with E-state index in [1.807, 2.05) is 43.3 Å². The third kappa shape index (κ3) is 8.11. The minimum atomic E-state index is -0.787. The van der Waals surface area contributed by atoms with Gasteiger partial charge in [0, 0.05) is 24.5 Å². The molecule has 0 aliphatic heterocycles. The quantitative estimate of drug-likeness (QED) is 0.341. The zero-order valence-electron chi connectivity index (χ0n) is 19.8. The summed E-state index contributed by atoms with van der Waals surface area (Å²) in [4.78, 5) is 28.3. The molecule has 3 aromatic carbocycles. The van der Waals surface area contributed by atoms with E-state index in [1.54, 1.807) is 30.3 Å². The van der Waals surface area contributed by atoms with Gasteiger partial charge >= 0.3 is 0 Å². The number of rotatable bonds is 12. The number of hydrogen-bond acceptors (Lipinski definition) is 3. The summed E-state index contributed by atoms with van der Waals surface area (Å²) < 4.78 is 19.5. The number of nitrogens with one attached hydrogen (secondary N) is 1. The van der Waals surface area contributed by atoms with Crippen molar-refractivity contribution in [2.45, 2.75) is 38.8 Å². The van der Waals surface area contributed by atoms with Gasteiger partial charge in [-0.3, -0.25) is 9.59 Å². The second kappa shape index (κ2) is 13.5. The average molecular weight is 497 g/mol. The number of ether oxygens (including phenoxy) is 1. The SMILES string of the molecule is CCCCNC(=O)[C@H](Cc1ccccc1)N(Cc1cccc(Cl)c1)C(=O)COc1ccccc1F. The molecule has 0 spiro atoms. The summed E-state index contributed by atoms with van der Waals surface area (Å²) in [5.41, 5.74) is 1.69. The van der Waals surface area contributed by atoms with Crippen LogP contribution >= 0.6 is 11.6 Å². The maximum absolute atomic E-state index is 14.1. The van der Waals surface area contributed by atoms with E-state index in [1.165, 1.54) is 17.0 Å². The standard InChI is InChI=1S/C28H30ClFN2O3/c1-2-3-16-31-28(34)25(18-21-10-5-4-6-11-21)32(19-22-12-9-13-23(29)17-22)27(33)20-35-26-15-8-7-14-24(26)30/h4-15,17,25H,2-3,16,18-20H2,1H3,(H,31,34)/t25-/m0/s1. The van der Waals surface area contributed by atoms with Crippen LogP contribution in [0.3, 0.4) is 0 Å². The molecule has 0 bridgehead atoms. The van der Waals surface area contributed by atoms with Crippen LogP contribution in [0.5, 0.6) is 5.75 Å². The second-order valence-corrected chi connectivity index (χ2v) is 8.66. The number of halogens is 2. The molecule has 0 saturated carbocycles. The summed E-state index contributed by atoms with van der Waals surface area (Å²) in [6, 6.07) is 21.8. The van der Waals surface area contributed by atoms with E-state index in [0.29, 0.717) is 18.0 Å². The van der Waals surface area contributed by atoms with E-state index >= 15 is 0 Å². The molecule has 7 heteroatoms. The van der Waals surface area contributed by atoms with Crippen LogP contribution in [-0.4, -0.2) is 35.9 Å². The highest BCUT2D eigenvalue weighted by molar-refractivity contribution is 6.30. The van der Waals surface area contributed by atoms with Gasteiger partial charge in [0.15, 0.2) is 18.2 Å². The first kappa shape index (κ1) is 26.2. The minimum absolute atomic E-state index is 0.0180. The molecule has 0 aromatic heterocycles. The first-order chi connectivity index (χ1) is 17.0. The van der Waals surface area contributed by atoms with E-state index in [0.717, 1.165) is 24.0 Å². The first-order valence-corrected chi connectivity index (χ1v) is 12.1. The molecule has 0 fully saturated rings. The Morgan fingerprint density at radius 3 is 2.43 bits per heavy atom. The van der Waals surface area contributed by atoms with Gasteiger partial charge in [-0.2, -0.15) is 0 Å². The van der Waals surface area contributed by atoms with Gasteiger partial charge in [0.1, 0.15) is 6.04 Å². The van der Waals surface area contributed by atoms with Crippen LogP contribution in [0.1, 0.15) is 30.9 Å². The van der Waals surface area contributed by atoms with Gasteiger partial charge in [0.05, 0.1) is 0 Å². The van der Waals surface area contributed by atoms with Crippen LogP contribution in [0.2, 0.25) is 5.02 Å². The Labute approximate surface area is 210 Å². The molecule has 3 rings (SSSR count). The van der Waals surface area contributed by atoms with Crippen LogP contribution in [0, 0.1) is 5.82 Å². The van der Waals surface area contributed by atoms with Crippen molar-refractivity contribution in [3.05, 3.63) is 101 Å². The largest absolute Gasteiger partial charge is 0.481 e. The van der Waals surface area contributed by atoms with Crippen molar-refractivity contribution in [2.75, 3.05) is 13.2 Å². The van der Waals surface area contributed by atoms with Gasteiger partial charge in [-0.05, 0) is 41.8 Å². The fraction of sp³-hybridized carbons (Fsp3) is 0.286. The van der Waals surface area contributed by atoms with Gasteiger partial charge in [-0.25, -0.2) is 4.39 Å². The number of hydrogen-bond donors (Lipinski definition) is 1. The molecule has 0 unspecified atom stereocenters. The summed E-state index contributed by atoms with van der Waals surface area (Å²) >= 11 is 6.17. The summed E-state index contributed by atoms with van der Waals surface area (Å²) in [6.45, 7) is 2.31. The van der Waals surface area contributed by atoms with E-state index < -0.39 is 24.4 Å². The normalized spacial score (nSPS) is 11.5. The Hall–Kier alpha value is -3.38. The molecule has 1 atom stereocenters. The Balaban J connectivity index is 1.89. The fourth-order valence-corrected chi connectivity index (χ4v) is 3.89. The molecule has 2 amide bonds. The average Bonchev–Trinajstić information content (AvgIpc) is 2.86. The van der Waals surface area contributed by atoms with Crippen molar-refractivity contribution in [3.63, 3.8) is 0 Å². The number of amides is 2. The van der Waals surface area contributed by atoms with E-state index in [-0.39, 0.29) is 18.2 Å². The second-order valence-electron chi connectivity index (χ2n) is 8.22. The summed E-state index contributed by atoms with van der Waals surface area (Å²) in [5.74, 6) is -1.25. The molecule has 35 heavy (non-hydrogen) atoms. The molecule has 184 valence electrons. The lowest BCUT2D eigenvalue weighted by molar-refractivity contribution is -0.142. The molecule has 1 N–H and O–H groups in total. The number of carbonyl (C=O) groups is 2. The van der Waals surface area contributed by atoms with Gasteiger partial charge in [-0.15, -0.1) is 0 Å².